The number of ketones is 3. The van der Waals surface area contributed by atoms with Crippen LogP contribution >= 0.6 is 0 Å². The van der Waals surface area contributed by atoms with Crippen molar-refractivity contribution >= 4 is 41.0 Å². The smallest absolute Gasteiger partial charge is 0.407 e. The quantitative estimate of drug-likeness (QED) is 0.0777. The minimum atomic E-state index is -1.47. The molecule has 4 aromatic rings. The molecule has 4 N–H and O–H groups in total. The Balaban J connectivity index is 0.765. The van der Waals surface area contributed by atoms with Crippen LogP contribution in [0.4, 0.5) is 10.5 Å². The molecule has 14 nitrogen and oxygen atoms in total. The van der Waals surface area contributed by atoms with E-state index in [1.165, 1.54) is 0 Å². The van der Waals surface area contributed by atoms with E-state index in [0.29, 0.717) is 24.1 Å². The molecular formula is C62H68N2O12. The Morgan fingerprint density at radius 3 is 2.30 bits per heavy atom. The maximum absolute atomic E-state index is 14.1. The zero-order valence-electron chi connectivity index (χ0n) is 43.8. The van der Waals surface area contributed by atoms with E-state index in [4.69, 9.17) is 18.9 Å². The summed E-state index contributed by atoms with van der Waals surface area (Å²) in [6.45, 7) is 8.39. The zero-order chi connectivity index (χ0) is 53.7. The van der Waals surface area contributed by atoms with Gasteiger partial charge in [-0.05, 0) is 129 Å². The highest BCUT2D eigenvalue weighted by atomic mass is 16.7. The predicted octanol–water partition coefficient (Wildman–Crippen LogP) is 9.05. The first-order chi connectivity index (χ1) is 36.3. The first-order valence-electron chi connectivity index (χ1n) is 26.7. The van der Waals surface area contributed by atoms with Crippen molar-refractivity contribution in [1.82, 2.24) is 5.32 Å². The van der Waals surface area contributed by atoms with Gasteiger partial charge in [-0.15, -0.1) is 0 Å². The lowest BCUT2D eigenvalue weighted by Crippen LogP contribution is -2.63. The number of ether oxygens (including phenoxy) is 4. The summed E-state index contributed by atoms with van der Waals surface area (Å²) in [6, 6.07) is 31.1. The van der Waals surface area contributed by atoms with Crippen LogP contribution in [0.3, 0.4) is 0 Å². The largest absolute Gasteiger partial charge is 0.460 e. The molecule has 0 radical (unpaired) electrons. The van der Waals surface area contributed by atoms with E-state index in [0.717, 1.165) is 51.8 Å². The molecular weight excluding hydrogens is 965 g/mol. The normalized spacial score (nSPS) is 28.4. The molecule has 3 saturated carbocycles. The summed E-state index contributed by atoms with van der Waals surface area (Å²) >= 11 is 0. The Labute approximate surface area is 443 Å². The van der Waals surface area contributed by atoms with Crippen LogP contribution in [0.15, 0.2) is 121 Å². The van der Waals surface area contributed by atoms with Gasteiger partial charge in [0.15, 0.2) is 29.2 Å². The number of aliphatic hydroxyl groups excluding tert-OH is 2. The fourth-order valence-corrected chi connectivity index (χ4v) is 14.0. The maximum Gasteiger partial charge on any atom is 0.407 e. The van der Waals surface area contributed by atoms with Crippen LogP contribution in [-0.4, -0.2) is 88.7 Å². The number of rotatable bonds is 16. The van der Waals surface area contributed by atoms with Gasteiger partial charge in [-0.25, -0.2) is 4.79 Å². The molecule has 2 amide bonds. The summed E-state index contributed by atoms with van der Waals surface area (Å²) in [7, 11) is 0. The van der Waals surface area contributed by atoms with Gasteiger partial charge in [0.1, 0.15) is 18.8 Å². The van der Waals surface area contributed by atoms with E-state index >= 15 is 0 Å². The molecule has 398 valence electrons. The van der Waals surface area contributed by atoms with Gasteiger partial charge in [-0.3, -0.25) is 24.0 Å². The molecule has 1 aliphatic heterocycles. The Morgan fingerprint density at radius 2 is 1.61 bits per heavy atom. The lowest BCUT2D eigenvalue weighted by atomic mass is 9.46. The highest BCUT2D eigenvalue weighted by molar-refractivity contribution is 6.01. The number of hydrogen-bond acceptors (Lipinski definition) is 12. The summed E-state index contributed by atoms with van der Waals surface area (Å²) < 4.78 is 24.6. The molecule has 10 atom stereocenters. The van der Waals surface area contributed by atoms with Crippen molar-refractivity contribution in [1.29, 1.82) is 0 Å². The summed E-state index contributed by atoms with van der Waals surface area (Å²) in [4.78, 5) is 79.5. The number of Topliss-reactive ketones (excluding diaryl/α,β-unsaturated/α-hetero) is 2. The molecule has 6 aliphatic rings. The van der Waals surface area contributed by atoms with E-state index < -0.39 is 82.6 Å². The van der Waals surface area contributed by atoms with Crippen LogP contribution in [0.1, 0.15) is 120 Å². The lowest BCUT2D eigenvalue weighted by molar-refractivity contribution is -0.201. The van der Waals surface area contributed by atoms with Gasteiger partial charge in [0.25, 0.3) is 0 Å². The standard InChI is InChI=1S/C62H68N2O12/c1-59(2,3)75-54(70)24-21-39(29-43(67)33-63-58(72)73-35-49-46-15-8-6-13-44(46)45-14-7-9-16-47(45)49)56(71)64-41-12-10-11-37(28-41)27-36-17-19-38(20-18-36)57-74-53-31-50-48-23-22-40-30-42(66)25-26-60(40,4)55(48)51(68)32-61(50,5)62(53,76-57)52(69)34-65/h6-20,25-26,28,30,39,48-51,53,55,57,65,68H,21-24,27,29,31-35H2,1-5H3,(H,63,72)(H,64,71)/t39-,48+,50+,51+,53-,55-,57-,60+,61+,62-/m1/s1. The highest BCUT2D eigenvalue weighted by Gasteiger charge is 2.76. The molecule has 4 fully saturated rings. The van der Waals surface area contributed by atoms with E-state index in [1.807, 2.05) is 104 Å². The summed E-state index contributed by atoms with van der Waals surface area (Å²) in [5.74, 6) is -3.03. The van der Waals surface area contributed by atoms with Crippen LogP contribution < -0.4 is 10.6 Å². The number of nitrogens with one attached hydrogen (secondary N) is 2. The predicted molar refractivity (Wildman–Crippen MR) is 282 cm³/mol. The van der Waals surface area contributed by atoms with Crippen molar-refractivity contribution in [2.45, 2.75) is 122 Å². The van der Waals surface area contributed by atoms with Crippen LogP contribution in [0.2, 0.25) is 0 Å². The number of benzene rings is 4. The lowest BCUT2D eigenvalue weighted by Gasteiger charge is -2.59. The third kappa shape index (κ3) is 9.89. The topological polar surface area (TPSA) is 204 Å². The Morgan fingerprint density at radius 1 is 0.895 bits per heavy atom. The number of carbonyl (C=O) groups excluding carboxylic acids is 6. The summed E-state index contributed by atoms with van der Waals surface area (Å²) in [5.41, 5.74) is 4.90. The maximum atomic E-state index is 14.1. The minimum Gasteiger partial charge on any atom is -0.460 e. The SMILES string of the molecule is CC(C)(C)OC(=O)CC[C@H](CC(=O)CNC(=O)OCC1c2ccccc2-c2ccccc21)C(=O)Nc1cccc(Cc2ccc([C@@H]3O[C@@H]4C[C@H]5[C@@H]6CCC7=CC(=O)C=C[C@]7(C)[C@H]6[C@@H](O)C[C@]5(C)[C@]4(C(=O)CO)O3)cc2)c1. The van der Waals surface area contributed by atoms with Gasteiger partial charge < -0.3 is 39.8 Å². The molecule has 76 heavy (non-hydrogen) atoms. The number of amides is 2. The number of allylic oxidation sites excluding steroid dienone is 4. The van der Waals surface area contributed by atoms with Crippen LogP contribution in [0.25, 0.3) is 11.1 Å². The van der Waals surface area contributed by atoms with Gasteiger partial charge in [0.05, 0.1) is 18.8 Å². The molecule has 0 unspecified atom stereocenters. The molecule has 0 aromatic heterocycles. The second-order valence-electron chi connectivity index (χ2n) is 23.2. The monoisotopic (exact) mass is 1030 g/mol. The number of hydrogen-bond donors (Lipinski definition) is 4. The molecule has 1 heterocycles. The first kappa shape index (κ1) is 52.8. The number of anilines is 1. The Bertz CT molecular complexity index is 2970. The van der Waals surface area contributed by atoms with Crippen molar-refractivity contribution in [3.63, 3.8) is 0 Å². The van der Waals surface area contributed by atoms with Crippen molar-refractivity contribution in [2.75, 3.05) is 25.1 Å². The molecule has 1 saturated heterocycles. The second kappa shape index (κ2) is 20.8. The van der Waals surface area contributed by atoms with Crippen LogP contribution in [-0.2, 0) is 49.3 Å². The van der Waals surface area contributed by atoms with Crippen molar-refractivity contribution in [3.8, 4) is 11.1 Å². The fraction of sp³-hybridized carbons (Fsp3) is 0.452. The highest BCUT2D eigenvalue weighted by Crippen LogP contribution is 2.70. The Hall–Kier alpha value is -6.58. The molecule has 4 aromatic carbocycles. The van der Waals surface area contributed by atoms with Crippen LogP contribution in [0, 0.1) is 34.5 Å². The minimum absolute atomic E-state index is 0.0218. The Kier molecular flexibility index (Phi) is 14.4. The fourth-order valence-electron chi connectivity index (χ4n) is 14.0. The van der Waals surface area contributed by atoms with E-state index in [1.54, 1.807) is 39.0 Å². The van der Waals surface area contributed by atoms with Gasteiger partial charge >= 0.3 is 12.1 Å². The van der Waals surface area contributed by atoms with Crippen LogP contribution in [0.5, 0.6) is 0 Å². The third-order valence-corrected chi connectivity index (χ3v) is 17.4. The van der Waals surface area contributed by atoms with Gasteiger partial charge in [-0.1, -0.05) is 110 Å². The molecule has 14 heteroatoms. The first-order valence-corrected chi connectivity index (χ1v) is 26.7. The summed E-state index contributed by atoms with van der Waals surface area (Å²) in [6.07, 6.45) is 4.75. The number of fused-ring (bicyclic) bond motifs is 10. The molecule has 0 spiro atoms. The zero-order valence-corrected chi connectivity index (χ0v) is 43.8. The number of esters is 1. The van der Waals surface area contributed by atoms with Crippen molar-refractivity contribution < 1.29 is 57.9 Å². The van der Waals surface area contributed by atoms with Gasteiger partial charge in [-0.2, -0.15) is 0 Å². The average Bonchev–Trinajstić information content (AvgIpc) is 4.24. The average molecular weight is 1030 g/mol. The molecule has 10 rings (SSSR count). The number of carbonyl (C=O) groups is 6. The van der Waals surface area contributed by atoms with E-state index in [2.05, 4.69) is 17.6 Å². The second-order valence-corrected chi connectivity index (χ2v) is 23.2. The molecule has 0 bridgehead atoms. The molecule has 5 aliphatic carbocycles. The van der Waals surface area contributed by atoms with E-state index in [9.17, 15) is 39.0 Å². The number of aliphatic hydroxyl groups is 2. The van der Waals surface area contributed by atoms with Crippen molar-refractivity contribution in [2.24, 2.45) is 34.5 Å². The number of alkyl carbamates (subject to hydrolysis) is 1. The third-order valence-electron chi connectivity index (χ3n) is 17.4. The van der Waals surface area contributed by atoms with E-state index in [-0.39, 0.29) is 68.3 Å². The summed E-state index contributed by atoms with van der Waals surface area (Å²) in [5, 5.41) is 28.0. The van der Waals surface area contributed by atoms with Crippen molar-refractivity contribution in [3.05, 3.63) is 149 Å². The van der Waals surface area contributed by atoms with Gasteiger partial charge in [0, 0.05) is 52.7 Å². The van der Waals surface area contributed by atoms with Gasteiger partial charge in [0.2, 0.25) is 5.91 Å².